The molecule has 0 fully saturated rings. The van der Waals surface area contributed by atoms with Crippen molar-refractivity contribution in [2.75, 3.05) is 11.9 Å². The lowest BCUT2D eigenvalue weighted by Crippen LogP contribution is -2.28. The summed E-state index contributed by atoms with van der Waals surface area (Å²) < 4.78 is 0.590. The smallest absolute Gasteiger partial charge is 0.335 e. The lowest BCUT2D eigenvalue weighted by molar-refractivity contribution is 0.0697. The summed E-state index contributed by atoms with van der Waals surface area (Å²) in [7, 11) is 0. The number of aromatic carboxylic acids is 1. The van der Waals surface area contributed by atoms with E-state index in [4.69, 9.17) is 5.11 Å². The zero-order chi connectivity index (χ0) is 14.4. The summed E-state index contributed by atoms with van der Waals surface area (Å²) in [6.45, 7) is 4.30. The molecule has 19 heavy (non-hydrogen) atoms. The molecular formula is C13H15BrN2O3. The minimum absolute atomic E-state index is 0.106. The van der Waals surface area contributed by atoms with Gasteiger partial charge < -0.3 is 15.7 Å². The third-order valence-corrected chi connectivity index (χ3v) is 2.63. The maximum Gasteiger partial charge on any atom is 0.335 e. The van der Waals surface area contributed by atoms with E-state index in [0.29, 0.717) is 16.7 Å². The van der Waals surface area contributed by atoms with E-state index < -0.39 is 5.97 Å². The molecular weight excluding hydrogens is 312 g/mol. The van der Waals surface area contributed by atoms with Gasteiger partial charge in [-0.1, -0.05) is 27.6 Å². The molecule has 102 valence electrons. The van der Waals surface area contributed by atoms with E-state index in [2.05, 4.69) is 26.6 Å². The lowest BCUT2D eigenvalue weighted by Gasteiger charge is -2.07. The molecule has 0 spiro atoms. The Labute approximate surface area is 119 Å². The van der Waals surface area contributed by atoms with Gasteiger partial charge in [-0.3, -0.25) is 0 Å². The number of benzene rings is 1. The number of rotatable bonds is 4. The van der Waals surface area contributed by atoms with Crippen LogP contribution in [0.4, 0.5) is 10.5 Å². The summed E-state index contributed by atoms with van der Waals surface area (Å²) in [5.41, 5.74) is 1.63. The van der Waals surface area contributed by atoms with Gasteiger partial charge in [0, 0.05) is 16.7 Å². The fraction of sp³-hybridized carbons (Fsp3) is 0.231. The second kappa shape index (κ2) is 6.94. The molecule has 0 aromatic heterocycles. The van der Waals surface area contributed by atoms with Crippen LogP contribution in [0.15, 0.2) is 34.3 Å². The van der Waals surface area contributed by atoms with Gasteiger partial charge in [-0.2, -0.15) is 0 Å². The van der Waals surface area contributed by atoms with E-state index >= 15 is 0 Å². The van der Waals surface area contributed by atoms with Crippen LogP contribution >= 0.6 is 15.9 Å². The van der Waals surface area contributed by atoms with Crippen molar-refractivity contribution >= 4 is 33.6 Å². The van der Waals surface area contributed by atoms with Crippen LogP contribution in [-0.4, -0.2) is 23.7 Å². The van der Waals surface area contributed by atoms with Crippen molar-refractivity contribution in [1.82, 2.24) is 5.32 Å². The SMILES string of the molecule is CC(C)=CCNC(=O)Nc1cc(Br)cc(C(=O)O)c1. The van der Waals surface area contributed by atoms with Crippen molar-refractivity contribution in [1.29, 1.82) is 0 Å². The number of hydrogen-bond acceptors (Lipinski definition) is 2. The van der Waals surface area contributed by atoms with Gasteiger partial charge in [0.15, 0.2) is 0 Å². The first-order chi connectivity index (χ1) is 8.88. The number of anilines is 1. The Morgan fingerprint density at radius 3 is 2.58 bits per heavy atom. The number of hydrogen-bond donors (Lipinski definition) is 3. The second-order valence-corrected chi connectivity index (χ2v) is 5.07. The summed E-state index contributed by atoms with van der Waals surface area (Å²) in [5, 5.41) is 14.1. The maximum atomic E-state index is 11.6. The molecule has 0 aliphatic rings. The molecule has 0 heterocycles. The number of carboxylic acid groups (broad SMARTS) is 1. The monoisotopic (exact) mass is 326 g/mol. The average Bonchev–Trinajstić information content (AvgIpc) is 2.27. The number of amides is 2. The first kappa shape index (κ1) is 15.2. The highest BCUT2D eigenvalue weighted by atomic mass is 79.9. The molecule has 0 saturated heterocycles. The minimum atomic E-state index is -1.05. The molecule has 3 N–H and O–H groups in total. The molecule has 0 radical (unpaired) electrons. The summed E-state index contributed by atoms with van der Waals surface area (Å²) in [5.74, 6) is -1.05. The summed E-state index contributed by atoms with van der Waals surface area (Å²) in [6, 6.07) is 4.11. The normalized spacial score (nSPS) is 9.63. The van der Waals surface area contributed by atoms with Crippen LogP contribution < -0.4 is 10.6 Å². The Hall–Kier alpha value is -1.82. The Morgan fingerprint density at radius 2 is 2.00 bits per heavy atom. The Kier molecular flexibility index (Phi) is 5.57. The van der Waals surface area contributed by atoms with Crippen molar-refractivity contribution in [3.05, 3.63) is 39.9 Å². The number of allylic oxidation sites excluding steroid dienone is 1. The molecule has 1 aromatic rings. The van der Waals surface area contributed by atoms with Gasteiger partial charge >= 0.3 is 12.0 Å². The standard InChI is InChI=1S/C13H15BrN2O3/c1-8(2)3-4-15-13(19)16-11-6-9(12(17)18)5-10(14)7-11/h3,5-7H,4H2,1-2H3,(H,17,18)(H2,15,16,19). The molecule has 1 rings (SSSR count). The average molecular weight is 327 g/mol. The number of urea groups is 1. The van der Waals surface area contributed by atoms with E-state index in [0.717, 1.165) is 5.57 Å². The van der Waals surface area contributed by atoms with Crippen molar-refractivity contribution in [2.24, 2.45) is 0 Å². The highest BCUT2D eigenvalue weighted by Gasteiger charge is 2.07. The second-order valence-electron chi connectivity index (χ2n) is 4.15. The van der Waals surface area contributed by atoms with E-state index in [1.807, 2.05) is 19.9 Å². The van der Waals surface area contributed by atoms with Crippen LogP contribution in [0, 0.1) is 0 Å². The van der Waals surface area contributed by atoms with E-state index in [9.17, 15) is 9.59 Å². The fourth-order valence-corrected chi connectivity index (χ4v) is 1.80. The molecule has 0 bridgehead atoms. The maximum absolute atomic E-state index is 11.6. The van der Waals surface area contributed by atoms with Crippen LogP contribution in [0.25, 0.3) is 0 Å². The Bertz CT molecular complexity index is 523. The summed E-state index contributed by atoms with van der Waals surface area (Å²) >= 11 is 3.20. The zero-order valence-corrected chi connectivity index (χ0v) is 12.2. The highest BCUT2D eigenvalue weighted by molar-refractivity contribution is 9.10. The summed E-state index contributed by atoms with van der Waals surface area (Å²) in [4.78, 5) is 22.5. The van der Waals surface area contributed by atoms with Gasteiger partial charge in [0.05, 0.1) is 5.56 Å². The van der Waals surface area contributed by atoms with E-state index in [1.54, 1.807) is 6.07 Å². The predicted octanol–water partition coefficient (Wildman–Crippen LogP) is 3.24. The van der Waals surface area contributed by atoms with Crippen LogP contribution in [0.3, 0.4) is 0 Å². The number of halogens is 1. The van der Waals surface area contributed by atoms with E-state index in [1.165, 1.54) is 12.1 Å². The number of nitrogens with one attached hydrogen (secondary N) is 2. The third kappa shape index (κ3) is 5.56. The number of carboxylic acids is 1. The molecule has 6 heteroatoms. The molecule has 0 saturated carbocycles. The topological polar surface area (TPSA) is 78.4 Å². The third-order valence-electron chi connectivity index (χ3n) is 2.18. The van der Waals surface area contributed by atoms with Gasteiger partial charge in [0.25, 0.3) is 0 Å². The Morgan fingerprint density at radius 1 is 1.32 bits per heavy atom. The van der Waals surface area contributed by atoms with Crippen molar-refractivity contribution in [3.63, 3.8) is 0 Å². The van der Waals surface area contributed by atoms with Gasteiger partial charge in [0.1, 0.15) is 0 Å². The fourth-order valence-electron chi connectivity index (χ4n) is 1.31. The Balaban J connectivity index is 2.69. The van der Waals surface area contributed by atoms with Gasteiger partial charge in [-0.25, -0.2) is 9.59 Å². The van der Waals surface area contributed by atoms with Crippen LogP contribution in [-0.2, 0) is 0 Å². The number of carbonyl (C=O) groups excluding carboxylic acids is 1. The van der Waals surface area contributed by atoms with Crippen LogP contribution in [0.1, 0.15) is 24.2 Å². The van der Waals surface area contributed by atoms with E-state index in [-0.39, 0.29) is 11.6 Å². The van der Waals surface area contributed by atoms with Crippen molar-refractivity contribution in [2.45, 2.75) is 13.8 Å². The molecule has 0 atom stereocenters. The zero-order valence-electron chi connectivity index (χ0n) is 10.7. The quantitative estimate of drug-likeness (QED) is 0.743. The van der Waals surface area contributed by atoms with Gasteiger partial charge in [-0.15, -0.1) is 0 Å². The van der Waals surface area contributed by atoms with Gasteiger partial charge in [0.2, 0.25) is 0 Å². The predicted molar refractivity (Wildman–Crippen MR) is 77.6 cm³/mol. The molecule has 0 aliphatic heterocycles. The van der Waals surface area contributed by atoms with Crippen molar-refractivity contribution in [3.8, 4) is 0 Å². The summed E-state index contributed by atoms with van der Waals surface area (Å²) in [6.07, 6.45) is 1.88. The van der Waals surface area contributed by atoms with Gasteiger partial charge in [-0.05, 0) is 32.0 Å². The largest absolute Gasteiger partial charge is 0.478 e. The number of carbonyl (C=O) groups is 2. The first-order valence-electron chi connectivity index (χ1n) is 5.60. The minimum Gasteiger partial charge on any atom is -0.478 e. The lowest BCUT2D eigenvalue weighted by atomic mass is 10.2. The molecule has 0 unspecified atom stereocenters. The molecule has 0 aliphatic carbocycles. The highest BCUT2D eigenvalue weighted by Crippen LogP contribution is 2.19. The molecule has 2 amide bonds. The molecule has 1 aromatic carbocycles. The van der Waals surface area contributed by atoms with Crippen molar-refractivity contribution < 1.29 is 14.7 Å². The van der Waals surface area contributed by atoms with Crippen LogP contribution in [0.5, 0.6) is 0 Å². The molecule has 5 nitrogen and oxygen atoms in total. The first-order valence-corrected chi connectivity index (χ1v) is 6.40. The van der Waals surface area contributed by atoms with Crippen LogP contribution in [0.2, 0.25) is 0 Å².